The van der Waals surface area contributed by atoms with E-state index in [1.165, 1.54) is 18.2 Å². The summed E-state index contributed by atoms with van der Waals surface area (Å²) in [5.74, 6) is -0.558. The van der Waals surface area contributed by atoms with Gasteiger partial charge in [0, 0.05) is 52.5 Å². The zero-order chi connectivity index (χ0) is 25.6. The predicted octanol–water partition coefficient (Wildman–Crippen LogP) is 4.54. The molecule has 1 fully saturated rings. The molecule has 2 aromatic carbocycles. The first-order valence-corrected chi connectivity index (χ1v) is 11.7. The van der Waals surface area contributed by atoms with Crippen molar-refractivity contribution in [2.24, 2.45) is 0 Å². The van der Waals surface area contributed by atoms with E-state index in [1.54, 1.807) is 16.0 Å². The fraction of sp³-hybridized carbons (Fsp3) is 0.407. The number of allylic oxidation sites excluding steroid dienone is 1. The zero-order valence-electron chi connectivity index (χ0n) is 21.1. The first-order chi connectivity index (χ1) is 16.5. The highest BCUT2D eigenvalue weighted by Crippen LogP contribution is 2.26. The Morgan fingerprint density at radius 2 is 1.63 bits per heavy atom. The molecule has 2 aromatic rings. The first-order valence-electron chi connectivity index (χ1n) is 11.7. The predicted molar refractivity (Wildman–Crippen MR) is 133 cm³/mol. The number of ketones is 1. The van der Waals surface area contributed by atoms with Gasteiger partial charge in [0.1, 0.15) is 29.5 Å². The lowest BCUT2D eigenvalue weighted by Gasteiger charge is -2.37. The summed E-state index contributed by atoms with van der Waals surface area (Å²) in [5, 5.41) is 0. The standard InChI is InChI=1S/C27H34FN3O4/c1-27(2,3)35-26(33)31-15-13-30(14-16-31)23(18-29(4)5)25(32)22-12-11-21(28)17-24(22)34-19-20-9-7-6-8-10-20/h6-12,17-18H,13-16,19H2,1-5H3/b23-18-. The number of ether oxygens (including phenoxy) is 2. The van der Waals surface area contributed by atoms with E-state index in [2.05, 4.69) is 0 Å². The number of halogens is 1. The minimum Gasteiger partial charge on any atom is -0.488 e. The monoisotopic (exact) mass is 483 g/mol. The number of carbonyl (C=O) groups is 2. The van der Waals surface area contributed by atoms with Crippen molar-refractivity contribution in [1.82, 2.24) is 14.7 Å². The van der Waals surface area contributed by atoms with E-state index < -0.39 is 11.4 Å². The maximum absolute atomic E-state index is 14.1. The van der Waals surface area contributed by atoms with Gasteiger partial charge in [-0.05, 0) is 38.5 Å². The molecule has 35 heavy (non-hydrogen) atoms. The van der Waals surface area contributed by atoms with Gasteiger partial charge in [-0.2, -0.15) is 0 Å². The SMILES string of the molecule is CN(C)/C=C(/C(=O)c1ccc(F)cc1OCc1ccccc1)N1CCN(C(=O)OC(C)(C)C)CC1. The van der Waals surface area contributed by atoms with Crippen LogP contribution >= 0.6 is 0 Å². The maximum atomic E-state index is 14.1. The van der Waals surface area contributed by atoms with Crippen LogP contribution in [-0.2, 0) is 11.3 Å². The van der Waals surface area contributed by atoms with Crippen LogP contribution in [-0.4, -0.2) is 72.5 Å². The molecule has 7 nitrogen and oxygen atoms in total. The van der Waals surface area contributed by atoms with Gasteiger partial charge in [0.15, 0.2) is 0 Å². The second-order valence-electron chi connectivity index (χ2n) is 9.68. The number of piperazine rings is 1. The smallest absolute Gasteiger partial charge is 0.410 e. The van der Waals surface area contributed by atoms with Gasteiger partial charge in [0.25, 0.3) is 0 Å². The molecule has 0 saturated carbocycles. The molecule has 0 spiro atoms. The van der Waals surface area contributed by atoms with Crippen LogP contribution in [0.5, 0.6) is 5.75 Å². The lowest BCUT2D eigenvalue weighted by Crippen LogP contribution is -2.50. The summed E-state index contributed by atoms with van der Waals surface area (Å²) >= 11 is 0. The number of amides is 1. The summed E-state index contributed by atoms with van der Waals surface area (Å²) in [6.45, 7) is 7.49. The van der Waals surface area contributed by atoms with Crippen LogP contribution in [0.3, 0.4) is 0 Å². The molecule has 0 N–H and O–H groups in total. The molecule has 3 rings (SSSR count). The van der Waals surface area contributed by atoms with E-state index in [0.29, 0.717) is 31.9 Å². The van der Waals surface area contributed by atoms with E-state index in [1.807, 2.05) is 70.1 Å². The number of Topliss-reactive ketones (excluding diaryl/α,β-unsaturated/α-hetero) is 1. The molecule has 1 heterocycles. The fourth-order valence-electron chi connectivity index (χ4n) is 3.66. The second kappa shape index (κ2) is 11.3. The zero-order valence-corrected chi connectivity index (χ0v) is 21.1. The molecule has 188 valence electrons. The van der Waals surface area contributed by atoms with Crippen molar-refractivity contribution in [1.29, 1.82) is 0 Å². The number of rotatable bonds is 7. The first kappa shape index (κ1) is 26.1. The van der Waals surface area contributed by atoms with Gasteiger partial charge in [-0.3, -0.25) is 4.79 Å². The van der Waals surface area contributed by atoms with Crippen LogP contribution in [0, 0.1) is 5.82 Å². The number of nitrogens with zero attached hydrogens (tertiary/aromatic N) is 3. The molecular weight excluding hydrogens is 449 g/mol. The van der Waals surface area contributed by atoms with Gasteiger partial charge in [0.2, 0.25) is 5.78 Å². The van der Waals surface area contributed by atoms with Crippen molar-refractivity contribution in [3.8, 4) is 5.75 Å². The van der Waals surface area contributed by atoms with Crippen molar-refractivity contribution >= 4 is 11.9 Å². The molecule has 0 aliphatic carbocycles. The highest BCUT2D eigenvalue weighted by molar-refractivity contribution is 6.10. The molecule has 0 bridgehead atoms. The lowest BCUT2D eigenvalue weighted by atomic mass is 10.1. The third kappa shape index (κ3) is 7.47. The van der Waals surface area contributed by atoms with E-state index in [0.717, 1.165) is 5.56 Å². The lowest BCUT2D eigenvalue weighted by molar-refractivity contribution is 0.0168. The normalized spacial score (nSPS) is 14.5. The number of hydrogen-bond donors (Lipinski definition) is 0. The fourth-order valence-corrected chi connectivity index (χ4v) is 3.66. The van der Waals surface area contributed by atoms with Crippen LogP contribution in [0.15, 0.2) is 60.4 Å². The molecular formula is C27H34FN3O4. The number of hydrogen-bond acceptors (Lipinski definition) is 6. The Morgan fingerprint density at radius 3 is 2.23 bits per heavy atom. The third-order valence-electron chi connectivity index (χ3n) is 5.31. The topological polar surface area (TPSA) is 62.3 Å². The molecule has 0 radical (unpaired) electrons. The van der Waals surface area contributed by atoms with Crippen LogP contribution < -0.4 is 4.74 Å². The largest absolute Gasteiger partial charge is 0.488 e. The molecule has 0 aromatic heterocycles. The van der Waals surface area contributed by atoms with Crippen molar-refractivity contribution in [2.75, 3.05) is 40.3 Å². The average Bonchev–Trinajstić information content (AvgIpc) is 2.80. The third-order valence-corrected chi connectivity index (χ3v) is 5.31. The molecule has 0 unspecified atom stereocenters. The van der Waals surface area contributed by atoms with Gasteiger partial charge in [-0.25, -0.2) is 9.18 Å². The van der Waals surface area contributed by atoms with E-state index in [-0.39, 0.29) is 29.8 Å². The Kier molecular flexibility index (Phi) is 8.38. The van der Waals surface area contributed by atoms with Gasteiger partial charge in [-0.15, -0.1) is 0 Å². The minimum absolute atomic E-state index is 0.191. The van der Waals surface area contributed by atoms with Gasteiger partial charge < -0.3 is 24.2 Å². The van der Waals surface area contributed by atoms with Gasteiger partial charge in [-0.1, -0.05) is 30.3 Å². The second-order valence-corrected chi connectivity index (χ2v) is 9.68. The molecule has 1 saturated heterocycles. The summed E-state index contributed by atoms with van der Waals surface area (Å²) in [7, 11) is 3.67. The molecule has 8 heteroatoms. The molecule has 1 aliphatic heterocycles. The highest BCUT2D eigenvalue weighted by Gasteiger charge is 2.30. The van der Waals surface area contributed by atoms with Crippen LogP contribution in [0.25, 0.3) is 0 Å². The summed E-state index contributed by atoms with van der Waals surface area (Å²) < 4.78 is 25.4. The van der Waals surface area contributed by atoms with E-state index in [4.69, 9.17) is 9.47 Å². The average molecular weight is 484 g/mol. The summed E-state index contributed by atoms with van der Waals surface area (Å²) in [6.07, 6.45) is 1.38. The Balaban J connectivity index is 1.78. The maximum Gasteiger partial charge on any atom is 0.410 e. The highest BCUT2D eigenvalue weighted by atomic mass is 19.1. The number of benzene rings is 2. The van der Waals surface area contributed by atoms with Gasteiger partial charge in [0.05, 0.1) is 5.56 Å². The quantitative estimate of drug-likeness (QED) is 0.426. The van der Waals surface area contributed by atoms with Crippen molar-refractivity contribution in [3.63, 3.8) is 0 Å². The summed E-state index contributed by atoms with van der Waals surface area (Å²) in [6, 6.07) is 13.5. The molecule has 1 amide bonds. The molecule has 0 atom stereocenters. The Labute approximate surface area is 206 Å². The van der Waals surface area contributed by atoms with E-state index in [9.17, 15) is 14.0 Å². The summed E-state index contributed by atoms with van der Waals surface area (Å²) in [5.41, 5.74) is 1.08. The van der Waals surface area contributed by atoms with E-state index >= 15 is 0 Å². The number of carbonyl (C=O) groups excluding carboxylic acids is 2. The Morgan fingerprint density at radius 1 is 1.00 bits per heavy atom. The molecule has 1 aliphatic rings. The van der Waals surface area contributed by atoms with Crippen molar-refractivity contribution in [3.05, 3.63) is 77.4 Å². The summed E-state index contributed by atoms with van der Waals surface area (Å²) in [4.78, 5) is 31.5. The van der Waals surface area contributed by atoms with Crippen molar-refractivity contribution < 1.29 is 23.5 Å². The van der Waals surface area contributed by atoms with Crippen molar-refractivity contribution in [2.45, 2.75) is 33.0 Å². The van der Waals surface area contributed by atoms with Gasteiger partial charge >= 0.3 is 6.09 Å². The minimum atomic E-state index is -0.571. The Bertz CT molecular complexity index is 1060. The van der Waals surface area contributed by atoms with Crippen LogP contribution in [0.2, 0.25) is 0 Å². The van der Waals surface area contributed by atoms with Crippen LogP contribution in [0.4, 0.5) is 9.18 Å². The Hall–Kier alpha value is -3.55. The van der Waals surface area contributed by atoms with Crippen LogP contribution in [0.1, 0.15) is 36.7 Å².